The van der Waals surface area contributed by atoms with Crippen LogP contribution in [0.5, 0.6) is 0 Å². The Labute approximate surface area is 151 Å². The van der Waals surface area contributed by atoms with Gasteiger partial charge in [-0.3, -0.25) is 0 Å². The highest BCUT2D eigenvalue weighted by Gasteiger charge is 2.15. The smallest absolute Gasteiger partial charge is 0.240 e. The minimum Gasteiger partial charge on any atom is -0.378 e. The first-order chi connectivity index (χ1) is 12.0. The molecule has 0 aliphatic rings. The first-order valence-electron chi connectivity index (χ1n) is 8.65. The minimum absolute atomic E-state index is 0.221. The summed E-state index contributed by atoms with van der Waals surface area (Å²) in [4.78, 5) is 0.266. The molecule has 1 atom stereocenters. The van der Waals surface area contributed by atoms with Crippen LogP contribution in [0.3, 0.4) is 0 Å². The number of sulfonamides is 1. The lowest BCUT2D eigenvalue weighted by atomic mass is 9.97. The predicted molar refractivity (Wildman–Crippen MR) is 99.3 cm³/mol. The Kier molecular flexibility index (Phi) is 10.9. The zero-order chi connectivity index (χ0) is 18.5. The zero-order valence-corrected chi connectivity index (χ0v) is 16.0. The molecule has 0 fully saturated rings. The van der Waals surface area contributed by atoms with Gasteiger partial charge in [0.1, 0.15) is 0 Å². The molecule has 1 rings (SSSR count). The minimum atomic E-state index is -3.52. The third-order valence-corrected chi connectivity index (χ3v) is 5.25. The van der Waals surface area contributed by atoms with Gasteiger partial charge in [0.25, 0.3) is 0 Å². The van der Waals surface area contributed by atoms with Gasteiger partial charge >= 0.3 is 0 Å². The maximum atomic E-state index is 12.3. The van der Waals surface area contributed by atoms with Crippen LogP contribution in [-0.2, 0) is 19.5 Å². The van der Waals surface area contributed by atoms with Crippen molar-refractivity contribution >= 4 is 10.0 Å². The molecule has 0 aliphatic heterocycles. The molecule has 1 aromatic carbocycles. The van der Waals surface area contributed by atoms with Gasteiger partial charge in [-0.2, -0.15) is 0 Å². The summed E-state index contributed by atoms with van der Waals surface area (Å²) in [5.74, 6) is 0.379. The van der Waals surface area contributed by atoms with Gasteiger partial charge in [-0.25, -0.2) is 13.1 Å². The summed E-state index contributed by atoms with van der Waals surface area (Å²) in [6, 6.07) is 7.06. The van der Waals surface area contributed by atoms with E-state index >= 15 is 0 Å². The third-order valence-electron chi connectivity index (χ3n) is 3.78. The Morgan fingerprint density at radius 2 is 1.72 bits per heavy atom. The summed E-state index contributed by atoms with van der Waals surface area (Å²) in [5, 5.41) is 3.16. The second-order valence-electron chi connectivity index (χ2n) is 5.64. The summed E-state index contributed by atoms with van der Waals surface area (Å²) in [6.45, 7) is 5.35. The van der Waals surface area contributed by atoms with Crippen LogP contribution in [0.15, 0.2) is 29.2 Å². The van der Waals surface area contributed by atoms with Crippen molar-refractivity contribution in [1.29, 1.82) is 0 Å². The molecule has 1 unspecified atom stereocenters. The Morgan fingerprint density at radius 1 is 1.08 bits per heavy atom. The second-order valence-corrected chi connectivity index (χ2v) is 7.41. The topological polar surface area (TPSA) is 103 Å². The summed E-state index contributed by atoms with van der Waals surface area (Å²) in [5.41, 5.74) is 6.43. The van der Waals surface area contributed by atoms with Crippen molar-refractivity contribution in [1.82, 2.24) is 10.0 Å². The van der Waals surface area contributed by atoms with Crippen molar-refractivity contribution in [3.8, 4) is 0 Å². The van der Waals surface area contributed by atoms with E-state index in [9.17, 15) is 8.42 Å². The van der Waals surface area contributed by atoms with Crippen molar-refractivity contribution < 1.29 is 17.9 Å². The van der Waals surface area contributed by atoms with Gasteiger partial charge in [-0.05, 0) is 37.1 Å². The van der Waals surface area contributed by atoms with Gasteiger partial charge in [-0.15, -0.1) is 0 Å². The molecule has 7 nitrogen and oxygen atoms in total. The summed E-state index contributed by atoms with van der Waals surface area (Å²) in [7, 11) is -1.60. The first-order valence-corrected chi connectivity index (χ1v) is 10.1. The van der Waals surface area contributed by atoms with E-state index in [2.05, 4.69) is 17.0 Å². The molecule has 144 valence electrons. The predicted octanol–water partition coefficient (Wildman–Crippen LogP) is 0.670. The van der Waals surface area contributed by atoms with Crippen molar-refractivity contribution in [3.63, 3.8) is 0 Å². The third kappa shape index (κ3) is 8.26. The molecule has 0 spiro atoms. The lowest BCUT2D eigenvalue weighted by Gasteiger charge is -2.15. The quantitative estimate of drug-likeness (QED) is 0.414. The van der Waals surface area contributed by atoms with Crippen molar-refractivity contribution in [2.75, 3.05) is 53.1 Å². The first kappa shape index (κ1) is 22.0. The lowest BCUT2D eigenvalue weighted by molar-refractivity contribution is 0.0530. The molecule has 0 aromatic heterocycles. The van der Waals surface area contributed by atoms with E-state index in [0.717, 1.165) is 18.5 Å². The summed E-state index contributed by atoms with van der Waals surface area (Å²) >= 11 is 0. The van der Waals surface area contributed by atoms with Gasteiger partial charge in [0.05, 0.1) is 31.3 Å². The van der Waals surface area contributed by atoms with E-state index < -0.39 is 10.0 Å². The molecular formula is C17H31N3O4S. The van der Waals surface area contributed by atoms with E-state index in [4.69, 9.17) is 15.2 Å². The largest absolute Gasteiger partial charge is 0.378 e. The van der Waals surface area contributed by atoms with Crippen molar-refractivity contribution in [2.45, 2.75) is 24.2 Å². The summed E-state index contributed by atoms with van der Waals surface area (Å²) in [6.07, 6.45) is 0.998. The highest BCUT2D eigenvalue weighted by Crippen LogP contribution is 2.20. The maximum absolute atomic E-state index is 12.3. The van der Waals surface area contributed by atoms with Crippen LogP contribution in [0.2, 0.25) is 0 Å². The van der Waals surface area contributed by atoms with Gasteiger partial charge in [-0.1, -0.05) is 19.1 Å². The highest BCUT2D eigenvalue weighted by molar-refractivity contribution is 7.89. The Balaban J connectivity index is 2.42. The maximum Gasteiger partial charge on any atom is 0.240 e. The number of hydrogen-bond acceptors (Lipinski definition) is 6. The molecule has 0 saturated carbocycles. The van der Waals surface area contributed by atoms with Crippen LogP contribution in [0.1, 0.15) is 24.8 Å². The van der Waals surface area contributed by atoms with E-state index in [1.807, 2.05) is 19.2 Å². The van der Waals surface area contributed by atoms with Gasteiger partial charge < -0.3 is 20.5 Å². The number of hydrogen-bond donors (Lipinski definition) is 3. The van der Waals surface area contributed by atoms with E-state index in [1.54, 1.807) is 12.1 Å². The summed E-state index contributed by atoms with van der Waals surface area (Å²) < 4.78 is 37.5. The Bertz CT molecular complexity index is 564. The van der Waals surface area contributed by atoms with Crippen molar-refractivity contribution in [2.24, 2.45) is 5.73 Å². The van der Waals surface area contributed by atoms with Gasteiger partial charge in [0, 0.05) is 19.6 Å². The molecule has 1 aromatic rings. The van der Waals surface area contributed by atoms with Crippen LogP contribution >= 0.6 is 0 Å². The van der Waals surface area contributed by atoms with Crippen molar-refractivity contribution in [3.05, 3.63) is 29.8 Å². The number of ether oxygens (including phenoxy) is 2. The molecule has 0 heterocycles. The van der Waals surface area contributed by atoms with E-state index in [-0.39, 0.29) is 11.4 Å². The standard InChI is InChI=1S/C17H31N3O4S/c1-3-15(14-19-2)16-4-6-17(7-5-16)25(21,22)20-9-11-24-13-12-23-10-8-18/h4-7,15,19-20H,3,8-14,18H2,1-2H3. The van der Waals surface area contributed by atoms with Gasteiger partial charge in [0.15, 0.2) is 0 Å². The van der Waals surface area contributed by atoms with E-state index in [0.29, 0.717) is 38.9 Å². The molecule has 8 heteroatoms. The molecule has 0 amide bonds. The van der Waals surface area contributed by atoms with Crippen LogP contribution in [0.4, 0.5) is 0 Å². The molecule has 25 heavy (non-hydrogen) atoms. The lowest BCUT2D eigenvalue weighted by Crippen LogP contribution is -2.28. The van der Waals surface area contributed by atoms with Crippen LogP contribution in [0.25, 0.3) is 0 Å². The normalized spacial score (nSPS) is 13.1. The van der Waals surface area contributed by atoms with Crippen LogP contribution < -0.4 is 15.8 Å². The molecule has 0 radical (unpaired) electrons. The number of likely N-dealkylation sites (N-methyl/N-ethyl adjacent to an activating group) is 1. The number of nitrogens with two attached hydrogens (primary N) is 1. The van der Waals surface area contributed by atoms with Crippen LogP contribution in [0, 0.1) is 0 Å². The fraction of sp³-hybridized carbons (Fsp3) is 0.647. The monoisotopic (exact) mass is 373 g/mol. The number of rotatable bonds is 14. The Hall–Kier alpha value is -1.03. The number of nitrogens with one attached hydrogen (secondary N) is 2. The second kappa shape index (κ2) is 12.3. The average molecular weight is 374 g/mol. The van der Waals surface area contributed by atoms with E-state index in [1.165, 1.54) is 0 Å². The fourth-order valence-corrected chi connectivity index (χ4v) is 3.41. The van der Waals surface area contributed by atoms with Crippen LogP contribution in [-0.4, -0.2) is 61.5 Å². The molecule has 0 saturated heterocycles. The fourth-order valence-electron chi connectivity index (χ4n) is 2.40. The Morgan fingerprint density at radius 3 is 2.28 bits per heavy atom. The molecule has 0 aliphatic carbocycles. The SMILES string of the molecule is CCC(CNC)c1ccc(S(=O)(=O)NCCOCCOCCN)cc1. The van der Waals surface area contributed by atoms with Gasteiger partial charge in [0.2, 0.25) is 10.0 Å². The molecule has 4 N–H and O–H groups in total. The number of benzene rings is 1. The molecular weight excluding hydrogens is 342 g/mol. The zero-order valence-electron chi connectivity index (χ0n) is 15.2. The average Bonchev–Trinajstić information content (AvgIpc) is 2.62. The molecule has 0 bridgehead atoms. The highest BCUT2D eigenvalue weighted by atomic mass is 32.2.